The first-order valence-corrected chi connectivity index (χ1v) is 5.64. The van der Waals surface area contributed by atoms with Crippen LogP contribution in [0.25, 0.3) is 0 Å². The third-order valence-electron chi connectivity index (χ3n) is 2.48. The Kier molecular flexibility index (Phi) is 3.70. The molecule has 1 heterocycles. The molecule has 1 N–H and O–H groups in total. The highest BCUT2D eigenvalue weighted by molar-refractivity contribution is 6.08. The molecule has 0 bridgehead atoms. The first-order chi connectivity index (χ1) is 9.13. The van der Waals surface area contributed by atoms with E-state index in [4.69, 9.17) is 4.74 Å². The molecule has 5 nitrogen and oxygen atoms in total. The second kappa shape index (κ2) is 5.43. The standard InChI is InChI=1S/C13H11FN2O3/c1-2-19-13(18)9-5-3-8(4-6-9)12(17)11-10(14)7-15-16-11/h3-7H,2H2,1H3,(H,15,16). The lowest BCUT2D eigenvalue weighted by Crippen LogP contribution is -2.07. The van der Waals surface area contributed by atoms with Gasteiger partial charge in [0, 0.05) is 5.56 Å². The Balaban J connectivity index is 2.21. The van der Waals surface area contributed by atoms with Crippen molar-refractivity contribution in [2.75, 3.05) is 6.61 Å². The SMILES string of the molecule is CCOC(=O)c1ccc(C(=O)c2[nH]ncc2F)cc1. The van der Waals surface area contributed by atoms with Gasteiger partial charge in [-0.05, 0) is 19.1 Å². The summed E-state index contributed by atoms with van der Waals surface area (Å²) in [5, 5.41) is 5.74. The number of carbonyl (C=O) groups excluding carboxylic acids is 2. The summed E-state index contributed by atoms with van der Waals surface area (Å²) in [7, 11) is 0. The number of aromatic nitrogens is 2. The molecule has 0 saturated heterocycles. The van der Waals surface area contributed by atoms with Crippen molar-refractivity contribution < 1.29 is 18.7 Å². The number of ether oxygens (including phenoxy) is 1. The van der Waals surface area contributed by atoms with Crippen molar-refractivity contribution in [3.8, 4) is 0 Å². The molecule has 98 valence electrons. The van der Waals surface area contributed by atoms with Crippen molar-refractivity contribution in [1.29, 1.82) is 0 Å². The molecular weight excluding hydrogens is 251 g/mol. The van der Waals surface area contributed by atoms with Crippen molar-refractivity contribution in [3.63, 3.8) is 0 Å². The van der Waals surface area contributed by atoms with Crippen LogP contribution in [0.5, 0.6) is 0 Å². The van der Waals surface area contributed by atoms with E-state index in [0.717, 1.165) is 6.20 Å². The van der Waals surface area contributed by atoms with Crippen LogP contribution < -0.4 is 0 Å². The van der Waals surface area contributed by atoms with Gasteiger partial charge in [0.25, 0.3) is 0 Å². The minimum atomic E-state index is -0.709. The monoisotopic (exact) mass is 262 g/mol. The van der Waals surface area contributed by atoms with E-state index in [0.29, 0.717) is 5.56 Å². The van der Waals surface area contributed by atoms with Crippen molar-refractivity contribution in [1.82, 2.24) is 10.2 Å². The Hall–Kier alpha value is -2.50. The van der Waals surface area contributed by atoms with E-state index in [1.807, 2.05) is 0 Å². The van der Waals surface area contributed by atoms with Crippen LogP contribution in [0.3, 0.4) is 0 Å². The zero-order valence-electron chi connectivity index (χ0n) is 10.1. The Labute approximate surface area is 108 Å². The summed E-state index contributed by atoms with van der Waals surface area (Å²) in [4.78, 5) is 23.3. The molecule has 0 aliphatic carbocycles. The van der Waals surface area contributed by atoms with Crippen LogP contribution in [0.4, 0.5) is 4.39 Å². The summed E-state index contributed by atoms with van der Waals surface area (Å²) in [5.41, 5.74) is 0.392. The highest BCUT2D eigenvalue weighted by Crippen LogP contribution is 2.12. The van der Waals surface area contributed by atoms with E-state index in [9.17, 15) is 14.0 Å². The molecule has 2 aromatic rings. The highest BCUT2D eigenvalue weighted by atomic mass is 19.1. The first-order valence-electron chi connectivity index (χ1n) is 5.64. The quantitative estimate of drug-likeness (QED) is 0.675. The topological polar surface area (TPSA) is 72.1 Å². The third-order valence-corrected chi connectivity index (χ3v) is 2.48. The van der Waals surface area contributed by atoms with Gasteiger partial charge in [-0.15, -0.1) is 0 Å². The lowest BCUT2D eigenvalue weighted by Gasteiger charge is -2.03. The number of nitrogens with zero attached hydrogens (tertiary/aromatic N) is 1. The Bertz CT molecular complexity index is 605. The second-order valence-electron chi connectivity index (χ2n) is 3.72. The van der Waals surface area contributed by atoms with Gasteiger partial charge in [-0.25, -0.2) is 9.18 Å². The number of benzene rings is 1. The maximum absolute atomic E-state index is 13.2. The number of hydrogen-bond donors (Lipinski definition) is 1. The van der Waals surface area contributed by atoms with Gasteiger partial charge in [0.2, 0.25) is 5.78 Å². The first kappa shape index (κ1) is 12.9. The molecule has 0 fully saturated rings. The van der Waals surface area contributed by atoms with Crippen molar-refractivity contribution in [2.45, 2.75) is 6.92 Å². The molecular formula is C13H11FN2O3. The molecule has 2 rings (SSSR count). The molecule has 0 spiro atoms. The second-order valence-corrected chi connectivity index (χ2v) is 3.72. The summed E-state index contributed by atoms with van der Waals surface area (Å²) in [6.07, 6.45) is 0.931. The zero-order valence-corrected chi connectivity index (χ0v) is 10.1. The lowest BCUT2D eigenvalue weighted by atomic mass is 10.1. The molecule has 1 aromatic carbocycles. The molecule has 0 aliphatic heterocycles. The van der Waals surface area contributed by atoms with Gasteiger partial charge in [-0.2, -0.15) is 5.10 Å². The molecule has 0 saturated carbocycles. The van der Waals surface area contributed by atoms with Crippen LogP contribution in [0, 0.1) is 5.82 Å². The molecule has 1 aromatic heterocycles. The normalized spacial score (nSPS) is 10.2. The van der Waals surface area contributed by atoms with Crippen LogP contribution in [0.2, 0.25) is 0 Å². The number of H-pyrrole nitrogens is 1. The molecule has 6 heteroatoms. The fourth-order valence-corrected chi connectivity index (χ4v) is 1.55. The smallest absolute Gasteiger partial charge is 0.338 e. The number of halogens is 1. The van der Waals surface area contributed by atoms with Crippen LogP contribution in [-0.4, -0.2) is 28.6 Å². The maximum atomic E-state index is 13.2. The number of aromatic amines is 1. The van der Waals surface area contributed by atoms with Gasteiger partial charge in [0.05, 0.1) is 18.4 Å². The number of hydrogen-bond acceptors (Lipinski definition) is 4. The van der Waals surface area contributed by atoms with Crippen LogP contribution >= 0.6 is 0 Å². The van der Waals surface area contributed by atoms with Gasteiger partial charge >= 0.3 is 5.97 Å². The number of carbonyl (C=O) groups is 2. The van der Waals surface area contributed by atoms with Gasteiger partial charge in [0.1, 0.15) is 5.69 Å². The Morgan fingerprint density at radius 3 is 2.42 bits per heavy atom. The lowest BCUT2D eigenvalue weighted by molar-refractivity contribution is 0.0526. The van der Waals surface area contributed by atoms with E-state index in [1.165, 1.54) is 24.3 Å². The van der Waals surface area contributed by atoms with Gasteiger partial charge in [0.15, 0.2) is 5.82 Å². The van der Waals surface area contributed by atoms with Crippen molar-refractivity contribution in [3.05, 3.63) is 53.1 Å². The fourth-order valence-electron chi connectivity index (χ4n) is 1.55. The summed E-state index contributed by atoms with van der Waals surface area (Å²) in [5.74, 6) is -1.70. The number of rotatable bonds is 4. The molecule has 0 atom stereocenters. The maximum Gasteiger partial charge on any atom is 0.338 e. The summed E-state index contributed by atoms with van der Waals surface area (Å²) in [6, 6.07) is 5.79. The fraction of sp³-hybridized carbons (Fsp3) is 0.154. The third kappa shape index (κ3) is 2.67. The molecule has 0 amide bonds. The highest BCUT2D eigenvalue weighted by Gasteiger charge is 2.16. The summed E-state index contributed by atoms with van der Waals surface area (Å²) >= 11 is 0. The predicted molar refractivity (Wildman–Crippen MR) is 64.4 cm³/mol. The average molecular weight is 262 g/mol. The van der Waals surface area contributed by atoms with Gasteiger partial charge in [-0.1, -0.05) is 12.1 Å². The molecule has 0 radical (unpaired) electrons. The van der Waals surface area contributed by atoms with Gasteiger partial charge < -0.3 is 4.74 Å². The molecule has 19 heavy (non-hydrogen) atoms. The van der Waals surface area contributed by atoms with Crippen molar-refractivity contribution in [2.24, 2.45) is 0 Å². The van der Waals surface area contributed by atoms with E-state index < -0.39 is 17.6 Å². The molecule has 0 aliphatic rings. The average Bonchev–Trinajstić information content (AvgIpc) is 2.84. The van der Waals surface area contributed by atoms with Crippen molar-refractivity contribution >= 4 is 11.8 Å². The zero-order chi connectivity index (χ0) is 13.8. The minimum Gasteiger partial charge on any atom is -0.462 e. The van der Waals surface area contributed by atoms with E-state index in [1.54, 1.807) is 6.92 Å². The number of ketones is 1. The molecule has 0 unspecified atom stereocenters. The van der Waals surface area contributed by atoms with Gasteiger partial charge in [-0.3, -0.25) is 9.89 Å². The Morgan fingerprint density at radius 2 is 1.89 bits per heavy atom. The predicted octanol–water partition coefficient (Wildman–Crippen LogP) is 1.96. The largest absolute Gasteiger partial charge is 0.462 e. The summed E-state index contributed by atoms with van der Waals surface area (Å²) in [6.45, 7) is 1.98. The van der Waals surface area contributed by atoms with Crippen LogP contribution in [0.1, 0.15) is 33.3 Å². The number of nitrogens with one attached hydrogen (secondary N) is 1. The van der Waals surface area contributed by atoms with Crippen LogP contribution in [0.15, 0.2) is 30.5 Å². The van der Waals surface area contributed by atoms with E-state index in [-0.39, 0.29) is 17.9 Å². The van der Waals surface area contributed by atoms with Crippen LogP contribution in [-0.2, 0) is 4.74 Å². The number of esters is 1. The summed E-state index contributed by atoms with van der Waals surface area (Å²) < 4.78 is 18.0. The van der Waals surface area contributed by atoms with E-state index >= 15 is 0 Å². The minimum absolute atomic E-state index is 0.205. The Morgan fingerprint density at radius 1 is 1.26 bits per heavy atom. The van der Waals surface area contributed by atoms with E-state index in [2.05, 4.69) is 10.2 Å².